The standard InChI is InChI=1S/C21H18ClNO3/c1-25-18-11-5-15(6-12-18)14-21-13-3-2-4-19(21)23(20(24)26-21)17-9-7-16(22)8-10-17/h2-12H,13-14H2,1H3. The second-order valence-electron chi connectivity index (χ2n) is 6.38. The van der Waals surface area contributed by atoms with Crippen LogP contribution in [0.1, 0.15) is 12.0 Å². The summed E-state index contributed by atoms with van der Waals surface area (Å²) in [5.74, 6) is 0.803. The quantitative estimate of drug-likeness (QED) is 0.751. The van der Waals surface area contributed by atoms with E-state index in [0.29, 0.717) is 17.9 Å². The van der Waals surface area contributed by atoms with Gasteiger partial charge in [0, 0.05) is 17.9 Å². The molecule has 0 N–H and O–H groups in total. The van der Waals surface area contributed by atoms with E-state index in [9.17, 15) is 4.79 Å². The van der Waals surface area contributed by atoms with Gasteiger partial charge in [0.15, 0.2) is 5.60 Å². The van der Waals surface area contributed by atoms with Crippen molar-refractivity contribution in [1.82, 2.24) is 0 Å². The first-order valence-electron chi connectivity index (χ1n) is 8.40. The summed E-state index contributed by atoms with van der Waals surface area (Å²) < 4.78 is 11.1. The number of ether oxygens (including phenoxy) is 2. The fourth-order valence-electron chi connectivity index (χ4n) is 3.46. The van der Waals surface area contributed by atoms with Gasteiger partial charge in [-0.1, -0.05) is 35.9 Å². The number of fused-ring (bicyclic) bond motifs is 1. The van der Waals surface area contributed by atoms with Crippen LogP contribution in [0.4, 0.5) is 10.5 Å². The summed E-state index contributed by atoms with van der Waals surface area (Å²) in [6.07, 6.45) is 6.82. The number of amides is 1. The Labute approximate surface area is 157 Å². The molecule has 26 heavy (non-hydrogen) atoms. The zero-order chi connectivity index (χ0) is 18.1. The van der Waals surface area contributed by atoms with E-state index < -0.39 is 5.60 Å². The number of anilines is 1. The lowest BCUT2D eigenvalue weighted by molar-refractivity contribution is 0.0723. The molecule has 5 heteroatoms. The lowest BCUT2D eigenvalue weighted by Crippen LogP contribution is -2.35. The minimum Gasteiger partial charge on any atom is -0.497 e. The van der Waals surface area contributed by atoms with Gasteiger partial charge in [-0.15, -0.1) is 0 Å². The van der Waals surface area contributed by atoms with Gasteiger partial charge in [0.2, 0.25) is 0 Å². The van der Waals surface area contributed by atoms with Gasteiger partial charge in [-0.2, -0.15) is 0 Å². The molecular weight excluding hydrogens is 350 g/mol. The third kappa shape index (κ3) is 2.86. The highest BCUT2D eigenvalue weighted by molar-refractivity contribution is 6.30. The summed E-state index contributed by atoms with van der Waals surface area (Å²) in [4.78, 5) is 14.3. The Morgan fingerprint density at radius 1 is 1.15 bits per heavy atom. The monoisotopic (exact) mass is 367 g/mol. The molecule has 1 atom stereocenters. The van der Waals surface area contributed by atoms with Crippen molar-refractivity contribution in [3.8, 4) is 5.75 Å². The highest BCUT2D eigenvalue weighted by Crippen LogP contribution is 2.43. The van der Waals surface area contributed by atoms with Crippen LogP contribution in [-0.4, -0.2) is 18.8 Å². The number of methoxy groups -OCH3 is 1. The summed E-state index contributed by atoms with van der Waals surface area (Å²) in [6, 6.07) is 15.0. The summed E-state index contributed by atoms with van der Waals surface area (Å²) in [5.41, 5.74) is 1.98. The molecule has 1 aliphatic heterocycles. The number of nitrogens with zero attached hydrogens (tertiary/aromatic N) is 1. The van der Waals surface area contributed by atoms with E-state index in [1.165, 1.54) is 0 Å². The van der Waals surface area contributed by atoms with Crippen LogP contribution in [0.5, 0.6) is 5.75 Å². The Bertz CT molecular complexity index is 886. The number of hydrogen-bond donors (Lipinski definition) is 0. The Balaban J connectivity index is 1.69. The third-order valence-electron chi connectivity index (χ3n) is 4.74. The van der Waals surface area contributed by atoms with Crippen LogP contribution in [0, 0.1) is 0 Å². The van der Waals surface area contributed by atoms with E-state index >= 15 is 0 Å². The number of halogens is 1. The fraction of sp³-hybridized carbons (Fsp3) is 0.190. The molecule has 2 aliphatic rings. The number of hydrogen-bond acceptors (Lipinski definition) is 3. The Hall–Kier alpha value is -2.72. The van der Waals surface area contributed by atoms with Crippen molar-refractivity contribution in [3.63, 3.8) is 0 Å². The van der Waals surface area contributed by atoms with Gasteiger partial charge in [0.25, 0.3) is 0 Å². The number of carbonyl (C=O) groups is 1. The Kier molecular flexibility index (Phi) is 4.21. The molecule has 132 valence electrons. The summed E-state index contributed by atoms with van der Waals surface area (Å²) in [5, 5.41) is 0.628. The van der Waals surface area contributed by atoms with Crippen molar-refractivity contribution in [2.45, 2.75) is 18.4 Å². The predicted octanol–water partition coefficient (Wildman–Crippen LogP) is 5.13. The van der Waals surface area contributed by atoms with Crippen LogP contribution in [0.25, 0.3) is 0 Å². The van der Waals surface area contributed by atoms with Gasteiger partial charge in [-0.25, -0.2) is 9.69 Å². The molecular formula is C21H18ClNO3. The largest absolute Gasteiger partial charge is 0.497 e. The summed E-state index contributed by atoms with van der Waals surface area (Å²) in [6.45, 7) is 0. The SMILES string of the molecule is COc1ccc(CC23CC=CC=C2N(c2ccc(Cl)cc2)C(=O)O3)cc1. The summed E-state index contributed by atoms with van der Waals surface area (Å²) in [7, 11) is 1.64. The first kappa shape index (κ1) is 16.7. The summed E-state index contributed by atoms with van der Waals surface area (Å²) >= 11 is 5.98. The van der Waals surface area contributed by atoms with E-state index in [1.54, 1.807) is 24.1 Å². The zero-order valence-electron chi connectivity index (χ0n) is 14.3. The lowest BCUT2D eigenvalue weighted by atomic mass is 9.85. The molecule has 2 aromatic rings. The van der Waals surface area contributed by atoms with E-state index in [1.807, 2.05) is 54.6 Å². The minimum absolute atomic E-state index is 0.365. The maximum Gasteiger partial charge on any atom is 0.419 e. The first-order valence-corrected chi connectivity index (χ1v) is 8.78. The molecule has 1 saturated heterocycles. The number of carbonyl (C=O) groups excluding carboxylic acids is 1. The van der Waals surface area contributed by atoms with Crippen LogP contribution < -0.4 is 9.64 Å². The molecule has 0 saturated carbocycles. The average molecular weight is 368 g/mol. The maximum absolute atomic E-state index is 12.7. The Morgan fingerprint density at radius 2 is 1.88 bits per heavy atom. The van der Waals surface area contributed by atoms with Gasteiger partial charge in [0.05, 0.1) is 18.5 Å². The van der Waals surface area contributed by atoms with Crippen LogP contribution in [0.15, 0.2) is 72.5 Å². The van der Waals surface area contributed by atoms with Crippen molar-refractivity contribution >= 4 is 23.4 Å². The highest BCUT2D eigenvalue weighted by Gasteiger charge is 2.50. The second-order valence-corrected chi connectivity index (χ2v) is 6.82. The molecule has 0 radical (unpaired) electrons. The molecule has 4 rings (SSSR count). The molecule has 1 unspecified atom stereocenters. The van der Waals surface area contributed by atoms with E-state index in [-0.39, 0.29) is 6.09 Å². The zero-order valence-corrected chi connectivity index (χ0v) is 15.1. The molecule has 0 spiro atoms. The molecule has 2 aromatic carbocycles. The van der Waals surface area contributed by atoms with Crippen LogP contribution in [0.3, 0.4) is 0 Å². The molecule has 0 aromatic heterocycles. The van der Waals surface area contributed by atoms with Gasteiger partial charge < -0.3 is 9.47 Å². The van der Waals surface area contributed by atoms with E-state index in [0.717, 1.165) is 22.7 Å². The van der Waals surface area contributed by atoms with Crippen molar-refractivity contribution < 1.29 is 14.3 Å². The van der Waals surface area contributed by atoms with Gasteiger partial charge in [0.1, 0.15) is 5.75 Å². The number of rotatable bonds is 4. The second kappa shape index (κ2) is 6.54. The normalized spacial score (nSPS) is 21.2. The Morgan fingerprint density at radius 3 is 2.58 bits per heavy atom. The van der Waals surface area contributed by atoms with Crippen molar-refractivity contribution in [2.75, 3.05) is 12.0 Å². The molecule has 4 nitrogen and oxygen atoms in total. The lowest BCUT2D eigenvalue weighted by Gasteiger charge is -2.30. The van der Waals surface area contributed by atoms with Crippen LogP contribution >= 0.6 is 11.6 Å². The molecule has 1 heterocycles. The molecule has 0 bridgehead atoms. The number of allylic oxidation sites excluding steroid dienone is 2. The van der Waals surface area contributed by atoms with Crippen LogP contribution in [0.2, 0.25) is 5.02 Å². The van der Waals surface area contributed by atoms with E-state index in [4.69, 9.17) is 21.1 Å². The molecule has 1 fully saturated rings. The smallest absolute Gasteiger partial charge is 0.419 e. The highest BCUT2D eigenvalue weighted by atomic mass is 35.5. The van der Waals surface area contributed by atoms with Crippen molar-refractivity contribution in [1.29, 1.82) is 0 Å². The van der Waals surface area contributed by atoms with Crippen LogP contribution in [-0.2, 0) is 11.2 Å². The average Bonchev–Trinajstić information content (AvgIpc) is 2.94. The van der Waals surface area contributed by atoms with E-state index in [2.05, 4.69) is 0 Å². The van der Waals surface area contributed by atoms with Gasteiger partial charge in [-0.05, 0) is 48.0 Å². The fourth-order valence-corrected chi connectivity index (χ4v) is 3.59. The molecule has 1 aliphatic carbocycles. The van der Waals surface area contributed by atoms with Gasteiger partial charge in [-0.3, -0.25) is 0 Å². The van der Waals surface area contributed by atoms with Crippen molar-refractivity contribution in [2.24, 2.45) is 0 Å². The van der Waals surface area contributed by atoms with Gasteiger partial charge >= 0.3 is 6.09 Å². The number of benzene rings is 2. The first-order chi connectivity index (χ1) is 12.6. The predicted molar refractivity (Wildman–Crippen MR) is 102 cm³/mol. The third-order valence-corrected chi connectivity index (χ3v) is 5.00. The minimum atomic E-state index is -0.694. The van der Waals surface area contributed by atoms with Crippen molar-refractivity contribution in [3.05, 3.63) is 83.0 Å². The maximum atomic E-state index is 12.7. The topological polar surface area (TPSA) is 38.8 Å². The molecule has 1 amide bonds.